The highest BCUT2D eigenvalue weighted by molar-refractivity contribution is 6.03. The van der Waals surface area contributed by atoms with Gasteiger partial charge in [0.25, 0.3) is 5.91 Å². The summed E-state index contributed by atoms with van der Waals surface area (Å²) in [4.78, 5) is 17.4. The Labute approximate surface area is 87.4 Å². The molecule has 0 saturated carbocycles. The molecule has 1 unspecified atom stereocenters. The molecule has 4 heteroatoms. The molecule has 2 aliphatic heterocycles. The third-order valence-electron chi connectivity index (χ3n) is 3.04. The maximum atomic E-state index is 11.7. The minimum absolute atomic E-state index is 0.139. The third-order valence-corrected chi connectivity index (χ3v) is 3.04. The summed E-state index contributed by atoms with van der Waals surface area (Å²) in [6.45, 7) is 0.781. The van der Waals surface area contributed by atoms with Gasteiger partial charge in [-0.25, -0.2) is 0 Å². The number of benzene rings is 1. The Morgan fingerprint density at radius 1 is 1.40 bits per heavy atom. The average Bonchev–Trinajstić information content (AvgIpc) is 2.55. The summed E-state index contributed by atoms with van der Waals surface area (Å²) in [5.74, 6) is 0.221. The van der Waals surface area contributed by atoms with Crippen molar-refractivity contribution in [3.8, 4) is 0 Å². The van der Waals surface area contributed by atoms with Crippen LogP contribution in [0.15, 0.2) is 29.3 Å². The van der Waals surface area contributed by atoms with Crippen molar-refractivity contribution in [3.05, 3.63) is 35.4 Å². The second-order valence-electron chi connectivity index (χ2n) is 3.85. The van der Waals surface area contributed by atoms with Gasteiger partial charge in [-0.3, -0.25) is 4.79 Å². The molecule has 1 aromatic carbocycles. The standard InChI is InChI=1S/C11H11N3O/c12-11-13-10(15)9-8-4-2-1-3-7(8)5-6-14(9)11/h1-4,9H,5-6H2,(H2,12,13,15). The molecular weight excluding hydrogens is 190 g/mol. The molecule has 0 bridgehead atoms. The molecular formula is C11H11N3O. The van der Waals surface area contributed by atoms with Crippen molar-refractivity contribution in [2.75, 3.05) is 6.54 Å². The summed E-state index contributed by atoms with van der Waals surface area (Å²) in [5, 5.41) is 0. The van der Waals surface area contributed by atoms with Crippen LogP contribution in [-0.2, 0) is 11.2 Å². The van der Waals surface area contributed by atoms with E-state index in [1.54, 1.807) is 0 Å². The van der Waals surface area contributed by atoms with Gasteiger partial charge in [0, 0.05) is 6.54 Å². The van der Waals surface area contributed by atoms with Gasteiger partial charge in [0.1, 0.15) is 6.04 Å². The van der Waals surface area contributed by atoms with E-state index in [0.717, 1.165) is 18.5 Å². The number of nitrogens with zero attached hydrogens (tertiary/aromatic N) is 2. The summed E-state index contributed by atoms with van der Waals surface area (Å²) in [7, 11) is 0. The van der Waals surface area contributed by atoms with Gasteiger partial charge in [0.15, 0.2) is 5.96 Å². The molecule has 2 heterocycles. The number of aliphatic imine (C=N–C) groups is 1. The Morgan fingerprint density at radius 3 is 3.07 bits per heavy atom. The zero-order valence-corrected chi connectivity index (χ0v) is 8.18. The van der Waals surface area contributed by atoms with Gasteiger partial charge in [-0.1, -0.05) is 24.3 Å². The number of hydrogen-bond donors (Lipinski definition) is 1. The van der Waals surface area contributed by atoms with E-state index in [9.17, 15) is 4.79 Å². The van der Waals surface area contributed by atoms with Crippen LogP contribution in [0.3, 0.4) is 0 Å². The van der Waals surface area contributed by atoms with Crippen molar-refractivity contribution in [1.82, 2.24) is 4.90 Å². The van der Waals surface area contributed by atoms with Crippen molar-refractivity contribution in [3.63, 3.8) is 0 Å². The molecule has 2 aliphatic rings. The van der Waals surface area contributed by atoms with Crippen LogP contribution in [0.2, 0.25) is 0 Å². The zero-order chi connectivity index (χ0) is 10.4. The van der Waals surface area contributed by atoms with Crippen molar-refractivity contribution < 1.29 is 4.79 Å². The second kappa shape index (κ2) is 2.82. The molecule has 3 rings (SSSR count). The first-order chi connectivity index (χ1) is 7.27. The van der Waals surface area contributed by atoms with Gasteiger partial charge in [0.05, 0.1) is 0 Å². The normalized spacial score (nSPS) is 23.5. The number of amides is 1. The molecule has 0 aromatic heterocycles. The van der Waals surface area contributed by atoms with E-state index in [-0.39, 0.29) is 11.9 Å². The number of fused-ring (bicyclic) bond motifs is 3. The molecule has 0 spiro atoms. The van der Waals surface area contributed by atoms with Gasteiger partial charge in [-0.15, -0.1) is 0 Å². The van der Waals surface area contributed by atoms with E-state index in [0.29, 0.717) is 5.96 Å². The number of nitrogens with two attached hydrogens (primary N) is 1. The Morgan fingerprint density at radius 2 is 2.20 bits per heavy atom. The fourth-order valence-corrected chi connectivity index (χ4v) is 2.32. The number of hydrogen-bond acceptors (Lipinski definition) is 3. The maximum absolute atomic E-state index is 11.7. The fraction of sp³-hybridized carbons (Fsp3) is 0.273. The molecule has 0 saturated heterocycles. The smallest absolute Gasteiger partial charge is 0.276 e. The highest BCUT2D eigenvalue weighted by Crippen LogP contribution is 2.33. The summed E-state index contributed by atoms with van der Waals surface area (Å²) in [6.07, 6.45) is 0.927. The van der Waals surface area contributed by atoms with Crippen LogP contribution in [0.5, 0.6) is 0 Å². The van der Waals surface area contributed by atoms with Crippen LogP contribution < -0.4 is 5.73 Å². The topological polar surface area (TPSA) is 58.7 Å². The predicted molar refractivity (Wildman–Crippen MR) is 56.2 cm³/mol. The van der Waals surface area contributed by atoms with Crippen molar-refractivity contribution in [2.45, 2.75) is 12.5 Å². The molecule has 76 valence electrons. The lowest BCUT2D eigenvalue weighted by molar-refractivity contribution is -0.120. The maximum Gasteiger partial charge on any atom is 0.276 e. The minimum Gasteiger partial charge on any atom is -0.369 e. The quantitative estimate of drug-likeness (QED) is 0.662. The number of guanidine groups is 1. The van der Waals surface area contributed by atoms with E-state index in [1.807, 2.05) is 23.1 Å². The summed E-state index contributed by atoms with van der Waals surface area (Å²) in [5.41, 5.74) is 7.98. The van der Waals surface area contributed by atoms with Crippen LogP contribution in [0.4, 0.5) is 0 Å². The number of carbonyl (C=O) groups is 1. The highest BCUT2D eigenvalue weighted by atomic mass is 16.2. The van der Waals surface area contributed by atoms with Crippen molar-refractivity contribution in [1.29, 1.82) is 0 Å². The fourth-order valence-electron chi connectivity index (χ4n) is 2.32. The van der Waals surface area contributed by atoms with Crippen molar-refractivity contribution >= 4 is 11.9 Å². The lowest BCUT2D eigenvalue weighted by Gasteiger charge is -2.31. The monoisotopic (exact) mass is 201 g/mol. The van der Waals surface area contributed by atoms with Crippen LogP contribution >= 0.6 is 0 Å². The molecule has 0 radical (unpaired) electrons. The Hall–Kier alpha value is -1.84. The average molecular weight is 201 g/mol. The van der Waals surface area contributed by atoms with Gasteiger partial charge < -0.3 is 10.6 Å². The zero-order valence-electron chi connectivity index (χ0n) is 8.18. The van der Waals surface area contributed by atoms with E-state index >= 15 is 0 Å². The van der Waals surface area contributed by atoms with Crippen molar-refractivity contribution in [2.24, 2.45) is 10.7 Å². The molecule has 15 heavy (non-hydrogen) atoms. The Bertz CT molecular complexity index is 467. The highest BCUT2D eigenvalue weighted by Gasteiger charge is 2.38. The van der Waals surface area contributed by atoms with E-state index < -0.39 is 0 Å². The molecule has 1 atom stereocenters. The Balaban J connectivity index is 2.12. The van der Waals surface area contributed by atoms with Crippen LogP contribution in [0, 0.1) is 0 Å². The van der Waals surface area contributed by atoms with Gasteiger partial charge in [0.2, 0.25) is 0 Å². The number of rotatable bonds is 0. The number of carbonyl (C=O) groups excluding carboxylic acids is 1. The van der Waals surface area contributed by atoms with Gasteiger partial charge in [-0.05, 0) is 17.5 Å². The molecule has 1 amide bonds. The van der Waals surface area contributed by atoms with E-state index in [1.165, 1.54) is 5.56 Å². The van der Waals surface area contributed by atoms with Crippen LogP contribution in [0.1, 0.15) is 17.2 Å². The second-order valence-corrected chi connectivity index (χ2v) is 3.85. The molecule has 0 aliphatic carbocycles. The lowest BCUT2D eigenvalue weighted by Crippen LogP contribution is -2.41. The predicted octanol–water partition coefficient (Wildman–Crippen LogP) is 0.441. The first kappa shape index (κ1) is 8.47. The first-order valence-electron chi connectivity index (χ1n) is 5.00. The third kappa shape index (κ3) is 1.08. The Kier molecular flexibility index (Phi) is 1.59. The molecule has 2 N–H and O–H groups in total. The van der Waals surface area contributed by atoms with Gasteiger partial charge in [-0.2, -0.15) is 4.99 Å². The molecule has 1 aromatic rings. The minimum atomic E-state index is -0.269. The molecule has 0 fully saturated rings. The van der Waals surface area contributed by atoms with Gasteiger partial charge >= 0.3 is 0 Å². The lowest BCUT2D eigenvalue weighted by atomic mass is 9.93. The van der Waals surface area contributed by atoms with E-state index in [4.69, 9.17) is 5.73 Å². The SMILES string of the molecule is NC1=NC(=O)C2c3ccccc3CCN12. The summed E-state index contributed by atoms with van der Waals surface area (Å²) < 4.78 is 0. The van der Waals surface area contributed by atoms with E-state index in [2.05, 4.69) is 11.1 Å². The largest absolute Gasteiger partial charge is 0.369 e. The summed E-state index contributed by atoms with van der Waals surface area (Å²) in [6, 6.07) is 7.73. The first-order valence-corrected chi connectivity index (χ1v) is 5.00. The van der Waals surface area contributed by atoms with Crippen LogP contribution in [0.25, 0.3) is 0 Å². The summed E-state index contributed by atoms with van der Waals surface area (Å²) >= 11 is 0. The molecule has 4 nitrogen and oxygen atoms in total. The van der Waals surface area contributed by atoms with Crippen LogP contribution in [-0.4, -0.2) is 23.3 Å².